The van der Waals surface area contributed by atoms with Crippen molar-refractivity contribution in [2.75, 3.05) is 24.5 Å². The van der Waals surface area contributed by atoms with Gasteiger partial charge in [-0.3, -0.25) is 14.3 Å². The van der Waals surface area contributed by atoms with Crippen LogP contribution in [0.3, 0.4) is 0 Å². The summed E-state index contributed by atoms with van der Waals surface area (Å²) >= 11 is 0. The highest BCUT2D eigenvalue weighted by Gasteiger charge is 2.25. The van der Waals surface area contributed by atoms with Gasteiger partial charge in [0, 0.05) is 31.3 Å². The van der Waals surface area contributed by atoms with Gasteiger partial charge in [0.1, 0.15) is 5.82 Å². The fraction of sp³-hybridized carbons (Fsp3) is 0.381. The van der Waals surface area contributed by atoms with E-state index in [1.807, 2.05) is 36.4 Å². The molecule has 0 unspecified atom stereocenters. The van der Waals surface area contributed by atoms with Gasteiger partial charge >= 0.3 is 0 Å². The molecule has 2 aliphatic rings. The molecular formula is C21H26N6O. The topological polar surface area (TPSA) is 74.5 Å². The SMILES string of the molecule is CC(C)CNC1=NCC=C(N2CCCn3c2nc(-c2ccccc2)cc3=O)N1. The van der Waals surface area contributed by atoms with E-state index in [4.69, 9.17) is 4.98 Å². The lowest BCUT2D eigenvalue weighted by Crippen LogP contribution is -2.48. The molecule has 0 saturated heterocycles. The molecule has 3 heterocycles. The number of hydrogen-bond acceptors (Lipinski definition) is 6. The molecule has 0 aliphatic carbocycles. The smallest absolute Gasteiger partial charge is 0.255 e. The molecule has 146 valence electrons. The van der Waals surface area contributed by atoms with Crippen LogP contribution in [0.2, 0.25) is 0 Å². The summed E-state index contributed by atoms with van der Waals surface area (Å²) in [4.78, 5) is 24.2. The van der Waals surface area contributed by atoms with Gasteiger partial charge in [0.25, 0.3) is 5.56 Å². The summed E-state index contributed by atoms with van der Waals surface area (Å²) in [6.07, 6.45) is 2.93. The van der Waals surface area contributed by atoms with Crippen molar-refractivity contribution in [2.24, 2.45) is 10.9 Å². The number of benzene rings is 1. The first-order chi connectivity index (χ1) is 13.6. The molecule has 2 aliphatic heterocycles. The molecule has 0 saturated carbocycles. The highest BCUT2D eigenvalue weighted by molar-refractivity contribution is 5.83. The zero-order valence-corrected chi connectivity index (χ0v) is 16.4. The molecule has 0 bridgehead atoms. The van der Waals surface area contributed by atoms with Crippen LogP contribution >= 0.6 is 0 Å². The number of aromatic nitrogens is 2. The molecule has 1 aromatic carbocycles. The maximum atomic E-state index is 12.7. The molecule has 7 heteroatoms. The molecule has 1 aromatic heterocycles. The standard InChI is InChI=1S/C21H26N6O/c1-15(2)14-23-20-22-10-9-18(25-20)26-11-6-12-27-19(28)13-17(24-21(26)27)16-7-4-3-5-8-16/h3-5,7-9,13,15H,6,10-12,14H2,1-2H3,(H2,22,23,25). The maximum Gasteiger partial charge on any atom is 0.255 e. The number of guanidine groups is 1. The second kappa shape index (κ2) is 7.88. The number of nitrogens with one attached hydrogen (secondary N) is 2. The van der Waals surface area contributed by atoms with E-state index in [2.05, 4.69) is 34.4 Å². The average Bonchev–Trinajstić information content (AvgIpc) is 2.73. The number of nitrogens with zero attached hydrogens (tertiary/aromatic N) is 4. The van der Waals surface area contributed by atoms with E-state index in [1.54, 1.807) is 10.6 Å². The van der Waals surface area contributed by atoms with Crippen LogP contribution in [0, 0.1) is 5.92 Å². The molecule has 0 radical (unpaired) electrons. The van der Waals surface area contributed by atoms with Crippen molar-refractivity contribution in [2.45, 2.75) is 26.8 Å². The Labute approximate surface area is 164 Å². The fourth-order valence-corrected chi connectivity index (χ4v) is 3.40. The number of anilines is 1. The van der Waals surface area contributed by atoms with Gasteiger partial charge in [-0.25, -0.2) is 9.98 Å². The molecule has 7 nitrogen and oxygen atoms in total. The largest absolute Gasteiger partial charge is 0.356 e. The van der Waals surface area contributed by atoms with Crippen LogP contribution in [-0.2, 0) is 6.54 Å². The molecule has 0 amide bonds. The number of hydrogen-bond donors (Lipinski definition) is 2. The van der Waals surface area contributed by atoms with Crippen LogP contribution in [0.25, 0.3) is 11.3 Å². The predicted molar refractivity (Wildman–Crippen MR) is 112 cm³/mol. The first kappa shape index (κ1) is 18.3. The first-order valence-electron chi connectivity index (χ1n) is 9.82. The zero-order valence-electron chi connectivity index (χ0n) is 16.4. The van der Waals surface area contributed by atoms with Crippen LogP contribution < -0.4 is 21.1 Å². The Morgan fingerprint density at radius 3 is 2.82 bits per heavy atom. The van der Waals surface area contributed by atoms with Crippen LogP contribution in [-0.4, -0.2) is 35.1 Å². The zero-order chi connectivity index (χ0) is 19.5. The summed E-state index contributed by atoms with van der Waals surface area (Å²) in [6.45, 7) is 7.27. The third kappa shape index (κ3) is 3.78. The monoisotopic (exact) mass is 378 g/mol. The highest BCUT2D eigenvalue weighted by atomic mass is 16.1. The Kier molecular flexibility index (Phi) is 5.14. The van der Waals surface area contributed by atoms with E-state index < -0.39 is 0 Å². The molecule has 4 rings (SSSR count). The lowest BCUT2D eigenvalue weighted by molar-refractivity contribution is 0.546. The Morgan fingerprint density at radius 2 is 2.04 bits per heavy atom. The van der Waals surface area contributed by atoms with Crippen molar-refractivity contribution in [1.29, 1.82) is 0 Å². The van der Waals surface area contributed by atoms with Crippen molar-refractivity contribution in [3.05, 3.63) is 58.6 Å². The molecule has 0 spiro atoms. The van der Waals surface area contributed by atoms with Gasteiger partial charge in [-0.1, -0.05) is 44.2 Å². The molecular weight excluding hydrogens is 352 g/mol. The number of aliphatic imine (C=N–C) groups is 1. The Balaban J connectivity index is 1.64. The number of fused-ring (bicyclic) bond motifs is 1. The summed E-state index contributed by atoms with van der Waals surface area (Å²) in [5, 5.41) is 6.71. The first-order valence-corrected chi connectivity index (χ1v) is 9.82. The van der Waals surface area contributed by atoms with Crippen molar-refractivity contribution >= 4 is 11.9 Å². The summed E-state index contributed by atoms with van der Waals surface area (Å²) < 4.78 is 1.76. The van der Waals surface area contributed by atoms with E-state index in [9.17, 15) is 4.79 Å². The third-order valence-electron chi connectivity index (χ3n) is 4.81. The molecule has 2 aromatic rings. The van der Waals surface area contributed by atoms with Crippen molar-refractivity contribution in [1.82, 2.24) is 20.2 Å². The molecule has 0 fully saturated rings. The number of rotatable bonds is 4. The lowest BCUT2D eigenvalue weighted by Gasteiger charge is -2.34. The molecule has 2 N–H and O–H groups in total. The normalized spacial score (nSPS) is 16.2. The second-order valence-electron chi connectivity index (χ2n) is 7.48. The second-order valence-corrected chi connectivity index (χ2v) is 7.48. The van der Waals surface area contributed by atoms with Crippen molar-refractivity contribution in [3.63, 3.8) is 0 Å². The van der Waals surface area contributed by atoms with Gasteiger partial charge in [0.05, 0.1) is 12.2 Å². The summed E-state index contributed by atoms with van der Waals surface area (Å²) in [5.74, 6) is 2.90. The van der Waals surface area contributed by atoms with E-state index in [0.717, 1.165) is 36.9 Å². The summed E-state index contributed by atoms with van der Waals surface area (Å²) in [6, 6.07) is 11.5. The van der Waals surface area contributed by atoms with Gasteiger partial charge in [0.15, 0.2) is 5.96 Å². The average molecular weight is 378 g/mol. The van der Waals surface area contributed by atoms with Crippen LogP contribution in [0.4, 0.5) is 5.95 Å². The quantitative estimate of drug-likeness (QED) is 0.853. The molecule has 0 atom stereocenters. The van der Waals surface area contributed by atoms with Crippen molar-refractivity contribution in [3.8, 4) is 11.3 Å². The van der Waals surface area contributed by atoms with E-state index in [-0.39, 0.29) is 5.56 Å². The minimum Gasteiger partial charge on any atom is -0.356 e. The predicted octanol–water partition coefficient (Wildman–Crippen LogP) is 2.17. The van der Waals surface area contributed by atoms with Crippen LogP contribution in [0.1, 0.15) is 20.3 Å². The minimum atomic E-state index is -0.0169. The minimum absolute atomic E-state index is 0.0169. The van der Waals surface area contributed by atoms with Gasteiger partial charge in [-0.05, 0) is 18.4 Å². The Morgan fingerprint density at radius 1 is 1.21 bits per heavy atom. The third-order valence-corrected chi connectivity index (χ3v) is 4.81. The van der Waals surface area contributed by atoms with Gasteiger partial charge in [0.2, 0.25) is 5.95 Å². The van der Waals surface area contributed by atoms with Crippen LogP contribution in [0.15, 0.2) is 58.1 Å². The molecule has 28 heavy (non-hydrogen) atoms. The van der Waals surface area contributed by atoms with E-state index >= 15 is 0 Å². The van der Waals surface area contributed by atoms with Gasteiger partial charge in [-0.2, -0.15) is 0 Å². The van der Waals surface area contributed by atoms with Gasteiger partial charge < -0.3 is 10.6 Å². The van der Waals surface area contributed by atoms with E-state index in [0.29, 0.717) is 30.6 Å². The van der Waals surface area contributed by atoms with E-state index in [1.165, 1.54) is 0 Å². The van der Waals surface area contributed by atoms with Crippen LogP contribution in [0.5, 0.6) is 0 Å². The summed E-state index contributed by atoms with van der Waals surface area (Å²) in [5.41, 5.74) is 1.63. The Hall–Kier alpha value is -3.09. The van der Waals surface area contributed by atoms with Crippen molar-refractivity contribution < 1.29 is 0 Å². The lowest BCUT2D eigenvalue weighted by atomic mass is 10.1. The fourth-order valence-electron chi connectivity index (χ4n) is 3.40. The van der Waals surface area contributed by atoms with Gasteiger partial charge in [-0.15, -0.1) is 0 Å². The Bertz CT molecular complexity index is 961. The highest BCUT2D eigenvalue weighted by Crippen LogP contribution is 2.24. The summed E-state index contributed by atoms with van der Waals surface area (Å²) in [7, 11) is 0. The maximum absolute atomic E-state index is 12.7.